The van der Waals surface area contributed by atoms with Crippen molar-refractivity contribution in [2.24, 2.45) is 0 Å². The highest BCUT2D eigenvalue weighted by Gasteiger charge is 2.44. The van der Waals surface area contributed by atoms with E-state index >= 15 is 0 Å². The maximum atomic E-state index is 13.1. The molecule has 0 aromatic heterocycles. The van der Waals surface area contributed by atoms with Gasteiger partial charge in [-0.3, -0.25) is 4.79 Å². The molecule has 1 unspecified atom stereocenters. The lowest BCUT2D eigenvalue weighted by atomic mass is 10.1. The standard InChI is InChI=1S/C22H48O3Si2/c1-12-13-14-15-16-17-18-19(24-26(8,9)21(2,3)4)20(23)25-27(10,11)22(5,6)7/h19H,12-18H2,1-11H3. The molecule has 0 spiro atoms. The van der Waals surface area contributed by atoms with E-state index in [0.717, 1.165) is 12.8 Å². The molecule has 0 rings (SSSR count). The van der Waals surface area contributed by atoms with Crippen molar-refractivity contribution >= 4 is 22.6 Å². The average Bonchev–Trinajstić information content (AvgIpc) is 2.46. The summed E-state index contributed by atoms with van der Waals surface area (Å²) in [6.45, 7) is 24.1. The number of rotatable bonds is 11. The van der Waals surface area contributed by atoms with Gasteiger partial charge in [-0.25, -0.2) is 0 Å². The van der Waals surface area contributed by atoms with E-state index in [2.05, 4.69) is 74.7 Å². The zero-order chi connectivity index (χ0) is 21.5. The number of carbonyl (C=O) groups is 1. The van der Waals surface area contributed by atoms with Gasteiger partial charge >= 0.3 is 5.97 Å². The number of hydrogen-bond acceptors (Lipinski definition) is 3. The molecule has 0 aliphatic carbocycles. The van der Waals surface area contributed by atoms with E-state index in [1.54, 1.807) is 0 Å². The van der Waals surface area contributed by atoms with Gasteiger partial charge in [-0.1, -0.05) is 87.0 Å². The third-order valence-corrected chi connectivity index (χ3v) is 15.3. The van der Waals surface area contributed by atoms with Gasteiger partial charge in [0.2, 0.25) is 0 Å². The Morgan fingerprint density at radius 3 is 1.67 bits per heavy atom. The lowest BCUT2D eigenvalue weighted by Crippen LogP contribution is -2.50. The molecular weight excluding hydrogens is 368 g/mol. The highest BCUT2D eigenvalue weighted by molar-refractivity contribution is 6.76. The molecule has 0 aromatic carbocycles. The van der Waals surface area contributed by atoms with Crippen molar-refractivity contribution in [3.8, 4) is 0 Å². The SMILES string of the molecule is CCCCCCCCC(O[Si](C)(C)C(C)(C)C)C(=O)O[Si](C)(C)C(C)(C)C. The van der Waals surface area contributed by atoms with E-state index in [4.69, 9.17) is 8.85 Å². The fourth-order valence-electron chi connectivity index (χ4n) is 2.34. The van der Waals surface area contributed by atoms with Crippen LogP contribution in [0.2, 0.25) is 36.3 Å². The summed E-state index contributed by atoms with van der Waals surface area (Å²) in [7, 11) is -4.15. The first-order valence-electron chi connectivity index (χ1n) is 11.0. The Labute approximate surface area is 172 Å². The Balaban J connectivity index is 5.09. The molecular formula is C22H48O3Si2. The highest BCUT2D eigenvalue weighted by atomic mass is 28.4. The summed E-state index contributed by atoms with van der Waals surface area (Å²) >= 11 is 0. The van der Waals surface area contributed by atoms with Crippen LogP contribution in [0.15, 0.2) is 0 Å². The van der Waals surface area contributed by atoms with Gasteiger partial charge < -0.3 is 8.85 Å². The first-order valence-corrected chi connectivity index (χ1v) is 16.8. The second-order valence-electron chi connectivity index (χ2n) is 11.1. The van der Waals surface area contributed by atoms with Crippen LogP contribution in [0.5, 0.6) is 0 Å². The molecule has 0 N–H and O–H groups in total. The van der Waals surface area contributed by atoms with E-state index in [9.17, 15) is 4.79 Å². The van der Waals surface area contributed by atoms with Crippen LogP contribution in [0.25, 0.3) is 0 Å². The van der Waals surface area contributed by atoms with Crippen molar-refractivity contribution in [2.75, 3.05) is 0 Å². The molecule has 0 radical (unpaired) electrons. The summed E-state index contributed by atoms with van der Waals surface area (Å²) < 4.78 is 12.7. The van der Waals surface area contributed by atoms with Crippen molar-refractivity contribution in [1.82, 2.24) is 0 Å². The molecule has 0 fully saturated rings. The summed E-state index contributed by atoms with van der Waals surface area (Å²) in [5, 5.41) is 0.105. The largest absolute Gasteiger partial charge is 0.517 e. The van der Waals surface area contributed by atoms with E-state index in [0.29, 0.717) is 0 Å². The predicted octanol–water partition coefficient (Wildman–Crippen LogP) is 7.68. The summed E-state index contributed by atoms with van der Waals surface area (Å²) in [5.41, 5.74) is 0. The van der Waals surface area contributed by atoms with Crippen LogP contribution < -0.4 is 0 Å². The van der Waals surface area contributed by atoms with Crippen molar-refractivity contribution in [3.05, 3.63) is 0 Å². The maximum absolute atomic E-state index is 13.1. The summed E-state index contributed by atoms with van der Waals surface area (Å²) in [5.74, 6) is -0.125. The third-order valence-electron chi connectivity index (χ3n) is 6.49. The molecule has 0 aliphatic rings. The van der Waals surface area contributed by atoms with Gasteiger partial charge in [-0.05, 0) is 42.7 Å². The smallest absolute Gasteiger partial charge is 0.320 e. The molecule has 1 atom stereocenters. The molecule has 5 heteroatoms. The second-order valence-corrected chi connectivity index (χ2v) is 20.6. The van der Waals surface area contributed by atoms with E-state index < -0.39 is 22.7 Å². The summed E-state index contributed by atoms with van der Waals surface area (Å²) in [6.07, 6.45) is 7.68. The third kappa shape index (κ3) is 9.27. The zero-order valence-electron chi connectivity index (χ0n) is 20.3. The van der Waals surface area contributed by atoms with Gasteiger partial charge in [0.05, 0.1) is 0 Å². The van der Waals surface area contributed by atoms with Crippen LogP contribution >= 0.6 is 0 Å². The topological polar surface area (TPSA) is 35.5 Å². The van der Waals surface area contributed by atoms with Gasteiger partial charge in [-0.2, -0.15) is 0 Å². The monoisotopic (exact) mass is 416 g/mol. The second kappa shape index (κ2) is 10.6. The van der Waals surface area contributed by atoms with Crippen molar-refractivity contribution in [1.29, 1.82) is 0 Å². The van der Waals surface area contributed by atoms with Gasteiger partial charge in [0.1, 0.15) is 6.10 Å². The van der Waals surface area contributed by atoms with Crippen LogP contribution in [0.1, 0.15) is 93.4 Å². The summed E-state index contributed by atoms with van der Waals surface area (Å²) in [4.78, 5) is 13.1. The molecule has 0 saturated carbocycles. The van der Waals surface area contributed by atoms with Crippen molar-refractivity contribution in [2.45, 2.75) is 136 Å². The zero-order valence-corrected chi connectivity index (χ0v) is 22.3. The average molecular weight is 417 g/mol. The minimum absolute atomic E-state index is 0.0182. The summed E-state index contributed by atoms with van der Waals surface area (Å²) in [6, 6.07) is 0. The quantitative estimate of drug-likeness (QED) is 0.256. The Morgan fingerprint density at radius 2 is 1.22 bits per heavy atom. The van der Waals surface area contributed by atoms with Gasteiger partial charge in [-0.15, -0.1) is 0 Å². The molecule has 0 bridgehead atoms. The van der Waals surface area contributed by atoms with Crippen LogP contribution in [0.3, 0.4) is 0 Å². The fourth-order valence-corrected chi connectivity index (χ4v) is 4.56. The number of hydrogen-bond donors (Lipinski definition) is 0. The molecule has 0 saturated heterocycles. The minimum atomic E-state index is -2.13. The molecule has 27 heavy (non-hydrogen) atoms. The lowest BCUT2D eigenvalue weighted by molar-refractivity contribution is -0.144. The van der Waals surface area contributed by atoms with Gasteiger partial charge in [0, 0.05) is 0 Å². The minimum Gasteiger partial charge on any atom is -0.517 e. The van der Waals surface area contributed by atoms with Gasteiger partial charge in [0.15, 0.2) is 8.32 Å². The molecule has 0 amide bonds. The maximum Gasteiger partial charge on any atom is 0.320 e. The molecule has 0 heterocycles. The highest BCUT2D eigenvalue weighted by Crippen LogP contribution is 2.40. The van der Waals surface area contributed by atoms with Crippen molar-refractivity contribution in [3.63, 3.8) is 0 Å². The Kier molecular flexibility index (Phi) is 10.5. The first kappa shape index (κ1) is 26.9. The fraction of sp³-hybridized carbons (Fsp3) is 0.955. The van der Waals surface area contributed by atoms with Crippen LogP contribution in [-0.2, 0) is 13.6 Å². The first-order chi connectivity index (χ1) is 12.0. The molecule has 3 nitrogen and oxygen atoms in total. The Morgan fingerprint density at radius 1 is 0.778 bits per heavy atom. The lowest BCUT2D eigenvalue weighted by Gasteiger charge is -2.41. The van der Waals surface area contributed by atoms with E-state index in [1.165, 1.54) is 32.1 Å². The molecule has 0 aliphatic heterocycles. The van der Waals surface area contributed by atoms with Crippen LogP contribution in [0, 0.1) is 0 Å². The van der Waals surface area contributed by atoms with E-state index in [-0.39, 0.29) is 16.0 Å². The van der Waals surface area contributed by atoms with E-state index in [1.807, 2.05) is 0 Å². The van der Waals surface area contributed by atoms with Crippen LogP contribution in [-0.4, -0.2) is 28.7 Å². The molecule has 0 aromatic rings. The number of carbonyl (C=O) groups excluding carboxylic acids is 1. The number of unbranched alkanes of at least 4 members (excludes halogenated alkanes) is 5. The predicted molar refractivity (Wildman–Crippen MR) is 123 cm³/mol. The molecule has 162 valence electrons. The van der Waals surface area contributed by atoms with Gasteiger partial charge in [0.25, 0.3) is 8.32 Å². The van der Waals surface area contributed by atoms with Crippen molar-refractivity contribution < 1.29 is 13.6 Å². The Hall–Kier alpha value is -0.136. The van der Waals surface area contributed by atoms with Crippen LogP contribution in [0.4, 0.5) is 0 Å². The Bertz CT molecular complexity index is 445. The normalized spacial score (nSPS) is 14.9.